The largest absolute Gasteiger partial charge is 0.476 e. The number of rotatable bonds is 2. The van der Waals surface area contributed by atoms with Crippen LogP contribution in [0.15, 0.2) is 66.9 Å². The molecule has 0 N–H and O–H groups in total. The van der Waals surface area contributed by atoms with Crippen molar-refractivity contribution in [3.05, 3.63) is 83.6 Å². The van der Waals surface area contributed by atoms with Crippen molar-refractivity contribution in [1.82, 2.24) is 9.88 Å². The minimum atomic E-state index is -4.44. The molecule has 0 spiro atoms. The summed E-state index contributed by atoms with van der Waals surface area (Å²) in [5.41, 5.74) is 2.07. The molecule has 2 aromatic carbocycles. The molecular weight excluding hydrogens is 381 g/mol. The van der Waals surface area contributed by atoms with Gasteiger partial charge in [-0.1, -0.05) is 30.3 Å². The molecule has 1 aliphatic rings. The quantitative estimate of drug-likeness (QED) is 0.623. The molecule has 0 aliphatic carbocycles. The zero-order valence-corrected chi connectivity index (χ0v) is 15.3. The number of benzene rings is 2. The molecule has 0 radical (unpaired) electrons. The number of hydrogen-bond acceptors (Lipinski definition) is 3. The van der Waals surface area contributed by atoms with E-state index >= 15 is 0 Å². The number of hydrogen-bond donors (Lipinski definition) is 0. The molecular formula is C22H17F3N2O2. The Hall–Kier alpha value is -3.35. The highest BCUT2D eigenvalue weighted by atomic mass is 19.4. The molecule has 0 saturated heterocycles. The molecule has 0 atom stereocenters. The zero-order valence-electron chi connectivity index (χ0n) is 15.3. The highest BCUT2D eigenvalue weighted by molar-refractivity contribution is 5.94. The zero-order chi connectivity index (χ0) is 20.4. The number of pyridine rings is 1. The van der Waals surface area contributed by atoms with Crippen LogP contribution in [0.1, 0.15) is 21.5 Å². The number of fused-ring (bicyclic) bond motifs is 1. The van der Waals surface area contributed by atoms with Gasteiger partial charge in [0.05, 0.1) is 18.7 Å². The first-order chi connectivity index (χ1) is 13.9. The maximum Gasteiger partial charge on any atom is 0.416 e. The van der Waals surface area contributed by atoms with Crippen molar-refractivity contribution in [3.63, 3.8) is 0 Å². The van der Waals surface area contributed by atoms with Gasteiger partial charge in [0.25, 0.3) is 5.91 Å². The lowest BCUT2D eigenvalue weighted by atomic mass is 10.0. The van der Waals surface area contributed by atoms with Gasteiger partial charge in [-0.25, -0.2) is 4.98 Å². The number of carbonyl (C=O) groups excluding carboxylic acids is 1. The standard InChI is InChI=1S/C22H17F3N2O2/c23-22(24,25)17-8-6-16(7-9-17)21(28)27-12-13-29-20-19(14-27)18(10-11-26-20)15-4-2-1-3-5-15/h1-11H,12-14H2. The molecule has 1 aliphatic heterocycles. The van der Waals surface area contributed by atoms with Crippen molar-refractivity contribution in [2.75, 3.05) is 13.2 Å². The number of halogens is 3. The van der Waals surface area contributed by atoms with Gasteiger partial charge >= 0.3 is 6.18 Å². The van der Waals surface area contributed by atoms with Crippen LogP contribution < -0.4 is 4.74 Å². The van der Waals surface area contributed by atoms with Crippen molar-refractivity contribution in [2.24, 2.45) is 0 Å². The SMILES string of the molecule is O=C(c1ccc(C(F)(F)F)cc1)N1CCOc2nccc(-c3ccccc3)c2C1. The predicted octanol–water partition coefficient (Wildman–Crippen LogP) is 4.80. The van der Waals surface area contributed by atoms with Crippen LogP contribution in [-0.4, -0.2) is 28.9 Å². The van der Waals surface area contributed by atoms with Crippen molar-refractivity contribution in [2.45, 2.75) is 12.7 Å². The van der Waals surface area contributed by atoms with Crippen LogP contribution in [0, 0.1) is 0 Å². The van der Waals surface area contributed by atoms with Crippen LogP contribution in [0.5, 0.6) is 5.88 Å². The fraction of sp³-hybridized carbons (Fsp3) is 0.182. The van der Waals surface area contributed by atoms with E-state index in [-0.39, 0.29) is 24.6 Å². The second kappa shape index (κ2) is 7.58. The monoisotopic (exact) mass is 398 g/mol. The number of aromatic nitrogens is 1. The molecule has 148 valence electrons. The average Bonchev–Trinajstić information content (AvgIpc) is 2.96. The van der Waals surface area contributed by atoms with E-state index in [2.05, 4.69) is 4.98 Å². The fourth-order valence-electron chi connectivity index (χ4n) is 3.32. The maximum absolute atomic E-state index is 12.9. The molecule has 4 nitrogen and oxygen atoms in total. The highest BCUT2D eigenvalue weighted by Crippen LogP contribution is 2.32. The molecule has 1 amide bonds. The van der Waals surface area contributed by atoms with Gasteiger partial charge in [-0.3, -0.25) is 4.79 Å². The summed E-state index contributed by atoms with van der Waals surface area (Å²) in [6, 6.07) is 15.8. The van der Waals surface area contributed by atoms with Crippen molar-refractivity contribution < 1.29 is 22.7 Å². The van der Waals surface area contributed by atoms with Gasteiger partial charge in [0.1, 0.15) is 6.61 Å². The topological polar surface area (TPSA) is 42.4 Å². The molecule has 29 heavy (non-hydrogen) atoms. The summed E-state index contributed by atoms with van der Waals surface area (Å²) in [4.78, 5) is 18.8. The summed E-state index contributed by atoms with van der Waals surface area (Å²) in [6.45, 7) is 0.822. The first-order valence-corrected chi connectivity index (χ1v) is 9.06. The number of nitrogens with zero attached hydrogens (tertiary/aromatic N) is 2. The second-order valence-corrected chi connectivity index (χ2v) is 6.66. The Morgan fingerprint density at radius 1 is 1.00 bits per heavy atom. The molecule has 0 saturated carbocycles. The summed E-state index contributed by atoms with van der Waals surface area (Å²) in [5.74, 6) is 0.118. The van der Waals surface area contributed by atoms with Gasteiger partial charge < -0.3 is 9.64 Å². The third-order valence-corrected chi connectivity index (χ3v) is 4.80. The number of ether oxygens (including phenoxy) is 1. The van der Waals surface area contributed by atoms with Gasteiger partial charge in [0.15, 0.2) is 0 Å². The first-order valence-electron chi connectivity index (χ1n) is 9.06. The van der Waals surface area contributed by atoms with E-state index in [1.54, 1.807) is 11.1 Å². The Bertz CT molecular complexity index is 1020. The summed E-state index contributed by atoms with van der Waals surface area (Å²) < 4.78 is 44.1. The molecule has 1 aromatic heterocycles. The number of carbonyl (C=O) groups is 1. The third-order valence-electron chi connectivity index (χ3n) is 4.80. The van der Waals surface area contributed by atoms with Gasteiger partial charge in [0.2, 0.25) is 5.88 Å². The maximum atomic E-state index is 12.9. The summed E-state index contributed by atoms with van der Waals surface area (Å²) in [6.07, 6.45) is -2.78. The van der Waals surface area contributed by atoms with E-state index in [0.29, 0.717) is 12.4 Å². The molecule has 7 heteroatoms. The normalized spacial score (nSPS) is 14.0. The Labute approximate surface area is 165 Å². The lowest BCUT2D eigenvalue weighted by Gasteiger charge is -2.21. The summed E-state index contributed by atoms with van der Waals surface area (Å²) >= 11 is 0. The van der Waals surface area contributed by atoms with E-state index in [9.17, 15) is 18.0 Å². The van der Waals surface area contributed by atoms with Crippen LogP contribution in [0.25, 0.3) is 11.1 Å². The van der Waals surface area contributed by atoms with Crippen molar-refractivity contribution in [3.8, 4) is 17.0 Å². The van der Waals surface area contributed by atoms with E-state index in [1.165, 1.54) is 12.1 Å². The van der Waals surface area contributed by atoms with Crippen molar-refractivity contribution >= 4 is 5.91 Å². The minimum Gasteiger partial charge on any atom is -0.476 e. The first kappa shape index (κ1) is 19.0. The molecule has 2 heterocycles. The van der Waals surface area contributed by atoms with E-state index in [0.717, 1.165) is 28.8 Å². The molecule has 0 fully saturated rings. The Morgan fingerprint density at radius 3 is 2.41 bits per heavy atom. The number of alkyl halides is 3. The lowest BCUT2D eigenvalue weighted by Crippen LogP contribution is -2.32. The highest BCUT2D eigenvalue weighted by Gasteiger charge is 2.31. The Morgan fingerprint density at radius 2 is 1.72 bits per heavy atom. The summed E-state index contributed by atoms with van der Waals surface area (Å²) in [7, 11) is 0. The molecule has 3 aromatic rings. The van der Waals surface area contributed by atoms with Gasteiger partial charge in [0, 0.05) is 17.3 Å². The van der Waals surface area contributed by atoms with E-state index in [1.807, 2.05) is 36.4 Å². The third kappa shape index (κ3) is 3.94. The molecule has 0 bridgehead atoms. The van der Waals surface area contributed by atoms with Crippen LogP contribution in [0.2, 0.25) is 0 Å². The average molecular weight is 398 g/mol. The van der Waals surface area contributed by atoms with Crippen molar-refractivity contribution in [1.29, 1.82) is 0 Å². The van der Waals surface area contributed by atoms with E-state index < -0.39 is 11.7 Å². The molecule has 4 rings (SSSR count). The summed E-state index contributed by atoms with van der Waals surface area (Å²) in [5, 5.41) is 0. The van der Waals surface area contributed by atoms with Gasteiger partial charge in [-0.2, -0.15) is 13.2 Å². The van der Waals surface area contributed by atoms with Gasteiger partial charge in [-0.15, -0.1) is 0 Å². The lowest BCUT2D eigenvalue weighted by molar-refractivity contribution is -0.137. The van der Waals surface area contributed by atoms with Crippen LogP contribution in [0.4, 0.5) is 13.2 Å². The fourth-order valence-corrected chi connectivity index (χ4v) is 3.32. The predicted molar refractivity (Wildman–Crippen MR) is 101 cm³/mol. The van der Waals surface area contributed by atoms with E-state index in [4.69, 9.17) is 4.74 Å². The Balaban J connectivity index is 1.64. The van der Waals surface area contributed by atoms with Gasteiger partial charge in [-0.05, 0) is 41.5 Å². The second-order valence-electron chi connectivity index (χ2n) is 6.66. The van der Waals surface area contributed by atoms with Crippen LogP contribution in [-0.2, 0) is 12.7 Å². The molecule has 0 unspecified atom stereocenters. The smallest absolute Gasteiger partial charge is 0.416 e. The van der Waals surface area contributed by atoms with Crippen LogP contribution >= 0.6 is 0 Å². The Kier molecular flexibility index (Phi) is 4.96. The minimum absolute atomic E-state index is 0.201. The van der Waals surface area contributed by atoms with Crippen LogP contribution in [0.3, 0.4) is 0 Å². The number of amides is 1.